The molecule has 0 amide bonds. The van der Waals surface area contributed by atoms with Gasteiger partial charge in [-0.3, -0.25) is 9.59 Å². The molecule has 3 rings (SSSR count). The molecule has 0 bridgehead atoms. The number of hydrogen-bond donors (Lipinski definition) is 1. The minimum Gasteiger partial charge on any atom is -0.507 e. The lowest BCUT2D eigenvalue weighted by Crippen LogP contribution is -2.21. The molecule has 0 fully saturated rings. The van der Waals surface area contributed by atoms with Crippen molar-refractivity contribution in [3.05, 3.63) is 82.6 Å². The van der Waals surface area contributed by atoms with E-state index in [1.54, 1.807) is 36.4 Å². The van der Waals surface area contributed by atoms with Crippen LogP contribution in [-0.2, 0) is 19.1 Å². The van der Waals surface area contributed by atoms with Crippen molar-refractivity contribution in [3.63, 3.8) is 0 Å². The third-order valence-corrected chi connectivity index (χ3v) is 7.56. The fraction of sp³-hybridized carbons (Fsp3) is 0.486. The quantitative estimate of drug-likeness (QED) is 0.0740. The summed E-state index contributed by atoms with van der Waals surface area (Å²) in [5.74, 6) is -2.83. The SMILES string of the molecule is CCCCCCCCCCCCCCCC(=O)C1=C(O)[C@@H](COC(=O)c2cccc(C(=O)c3ccccc3)c2)OC1=O. The van der Waals surface area contributed by atoms with Crippen LogP contribution in [0.3, 0.4) is 0 Å². The summed E-state index contributed by atoms with van der Waals surface area (Å²) in [6.45, 7) is 1.79. The number of unbranched alkanes of at least 4 members (excludes halogenated alkanes) is 12. The monoisotopic (exact) mass is 576 g/mol. The molecule has 7 nitrogen and oxygen atoms in total. The van der Waals surface area contributed by atoms with E-state index in [9.17, 15) is 24.3 Å². The smallest absolute Gasteiger partial charge is 0.346 e. The van der Waals surface area contributed by atoms with Crippen LogP contribution in [0.15, 0.2) is 65.9 Å². The van der Waals surface area contributed by atoms with Crippen molar-refractivity contribution >= 4 is 23.5 Å². The van der Waals surface area contributed by atoms with Crippen molar-refractivity contribution in [2.45, 2.75) is 103 Å². The minimum absolute atomic E-state index is 0.142. The average molecular weight is 577 g/mol. The zero-order chi connectivity index (χ0) is 30.2. The van der Waals surface area contributed by atoms with Gasteiger partial charge in [0.25, 0.3) is 0 Å². The van der Waals surface area contributed by atoms with Crippen LogP contribution >= 0.6 is 0 Å². The van der Waals surface area contributed by atoms with E-state index in [4.69, 9.17) is 9.47 Å². The van der Waals surface area contributed by atoms with Crippen molar-refractivity contribution in [1.82, 2.24) is 0 Å². The highest BCUT2D eigenvalue weighted by molar-refractivity contribution is 6.19. The predicted octanol–water partition coefficient (Wildman–Crippen LogP) is 7.86. The second kappa shape index (κ2) is 17.9. The summed E-state index contributed by atoms with van der Waals surface area (Å²) in [5, 5.41) is 10.5. The van der Waals surface area contributed by atoms with Crippen LogP contribution in [0.1, 0.15) is 123 Å². The van der Waals surface area contributed by atoms with E-state index in [1.807, 2.05) is 6.07 Å². The van der Waals surface area contributed by atoms with Crippen LogP contribution in [0.4, 0.5) is 0 Å². The van der Waals surface area contributed by atoms with Crippen molar-refractivity contribution in [2.24, 2.45) is 0 Å². The molecule has 0 spiro atoms. The minimum atomic E-state index is -1.24. The van der Waals surface area contributed by atoms with Crippen molar-refractivity contribution in [3.8, 4) is 0 Å². The fourth-order valence-electron chi connectivity index (χ4n) is 5.09. The third kappa shape index (κ3) is 10.3. The fourth-order valence-corrected chi connectivity index (χ4v) is 5.09. The molecule has 7 heteroatoms. The maximum Gasteiger partial charge on any atom is 0.346 e. The second-order valence-corrected chi connectivity index (χ2v) is 10.9. The average Bonchev–Trinajstić information content (AvgIpc) is 3.30. The molecule has 2 aromatic rings. The number of Topliss-reactive ketones (excluding diaryl/α,β-unsaturated/α-hetero) is 1. The summed E-state index contributed by atoms with van der Waals surface area (Å²) < 4.78 is 10.4. The second-order valence-electron chi connectivity index (χ2n) is 10.9. The highest BCUT2D eigenvalue weighted by Gasteiger charge is 2.38. The Hall–Kier alpha value is -3.74. The molecule has 226 valence electrons. The van der Waals surface area contributed by atoms with E-state index < -0.39 is 36.2 Å². The molecule has 1 N–H and O–H groups in total. The summed E-state index contributed by atoms with van der Waals surface area (Å²) in [4.78, 5) is 50.3. The molecule has 42 heavy (non-hydrogen) atoms. The number of carbonyl (C=O) groups is 4. The maximum atomic E-state index is 12.7. The number of ether oxygens (including phenoxy) is 2. The number of cyclic esters (lactones) is 1. The standard InChI is InChI=1S/C35H44O7/c1-2-3-4-5-6-7-8-9-10-11-12-13-17-23-29(36)31-33(38)30(42-35(31)40)25-41-34(39)28-22-18-21-27(24-28)32(37)26-19-15-14-16-20-26/h14-16,18-22,24,30,38H,2-13,17,23,25H2,1H3/t30-/m1/s1. The molecule has 1 atom stereocenters. The van der Waals surface area contributed by atoms with Gasteiger partial charge in [-0.15, -0.1) is 0 Å². The Morgan fingerprint density at radius 3 is 1.90 bits per heavy atom. The van der Waals surface area contributed by atoms with E-state index in [-0.39, 0.29) is 23.3 Å². The lowest BCUT2D eigenvalue weighted by Gasteiger charge is -2.11. The molecule has 1 aliphatic heterocycles. The summed E-state index contributed by atoms with van der Waals surface area (Å²) in [5.41, 5.74) is 0.604. The van der Waals surface area contributed by atoms with Gasteiger partial charge in [0.2, 0.25) is 0 Å². The lowest BCUT2D eigenvalue weighted by molar-refractivity contribution is -0.142. The van der Waals surface area contributed by atoms with Crippen LogP contribution < -0.4 is 0 Å². The first-order chi connectivity index (χ1) is 20.4. The Balaban J connectivity index is 1.37. The summed E-state index contributed by atoms with van der Waals surface area (Å²) in [7, 11) is 0. The first kappa shape index (κ1) is 32.8. The van der Waals surface area contributed by atoms with E-state index in [0.29, 0.717) is 17.5 Å². The Bertz CT molecular complexity index is 1210. The Morgan fingerprint density at radius 1 is 0.738 bits per heavy atom. The molecule has 1 aliphatic rings. The number of ketones is 2. The molecule has 0 saturated heterocycles. The van der Waals surface area contributed by atoms with E-state index in [1.165, 1.54) is 69.9 Å². The number of hydrogen-bond acceptors (Lipinski definition) is 7. The number of esters is 2. The summed E-state index contributed by atoms with van der Waals surface area (Å²) >= 11 is 0. The molecule has 0 aliphatic carbocycles. The number of carbonyl (C=O) groups excluding carboxylic acids is 4. The first-order valence-electron chi connectivity index (χ1n) is 15.5. The molecule has 2 aromatic carbocycles. The van der Waals surface area contributed by atoms with Crippen molar-refractivity contribution in [1.29, 1.82) is 0 Å². The third-order valence-electron chi connectivity index (χ3n) is 7.56. The number of rotatable bonds is 20. The molecule has 0 unspecified atom stereocenters. The number of aliphatic hydroxyl groups is 1. The van der Waals surface area contributed by atoms with E-state index in [0.717, 1.165) is 19.3 Å². The highest BCUT2D eigenvalue weighted by atomic mass is 16.6. The molecule has 0 radical (unpaired) electrons. The van der Waals surface area contributed by atoms with Gasteiger partial charge in [0.15, 0.2) is 23.4 Å². The van der Waals surface area contributed by atoms with Crippen LogP contribution in [0.2, 0.25) is 0 Å². The van der Waals surface area contributed by atoms with E-state index in [2.05, 4.69) is 6.92 Å². The number of benzene rings is 2. The Labute approximate surface area is 249 Å². The van der Waals surface area contributed by atoms with Gasteiger partial charge in [-0.25, -0.2) is 9.59 Å². The van der Waals surface area contributed by atoms with Gasteiger partial charge in [0, 0.05) is 17.5 Å². The molecule has 1 heterocycles. The van der Waals surface area contributed by atoms with Crippen LogP contribution in [0.5, 0.6) is 0 Å². The predicted molar refractivity (Wildman–Crippen MR) is 161 cm³/mol. The molecular formula is C35H44O7. The summed E-state index contributed by atoms with van der Waals surface area (Å²) in [6.07, 6.45) is 14.3. The van der Waals surface area contributed by atoms with Gasteiger partial charge in [0.1, 0.15) is 12.2 Å². The first-order valence-corrected chi connectivity index (χ1v) is 15.5. The molecular weight excluding hydrogens is 532 g/mol. The lowest BCUT2D eigenvalue weighted by atomic mass is 10.0. The largest absolute Gasteiger partial charge is 0.507 e. The topological polar surface area (TPSA) is 107 Å². The van der Waals surface area contributed by atoms with Crippen LogP contribution in [0.25, 0.3) is 0 Å². The zero-order valence-electron chi connectivity index (χ0n) is 24.8. The normalized spacial score (nSPS) is 14.6. The summed E-state index contributed by atoms with van der Waals surface area (Å²) in [6, 6.07) is 14.8. The van der Waals surface area contributed by atoms with Gasteiger partial charge in [-0.1, -0.05) is 126 Å². The molecule has 0 saturated carbocycles. The van der Waals surface area contributed by atoms with E-state index >= 15 is 0 Å². The number of aliphatic hydroxyl groups excluding tert-OH is 1. The zero-order valence-corrected chi connectivity index (χ0v) is 24.8. The maximum absolute atomic E-state index is 12.7. The van der Waals surface area contributed by atoms with Crippen LogP contribution in [0, 0.1) is 0 Å². The van der Waals surface area contributed by atoms with Crippen LogP contribution in [-0.4, -0.2) is 41.3 Å². The van der Waals surface area contributed by atoms with Gasteiger partial charge < -0.3 is 14.6 Å². The highest BCUT2D eigenvalue weighted by Crippen LogP contribution is 2.24. The molecule has 0 aromatic heterocycles. The van der Waals surface area contributed by atoms with Crippen molar-refractivity contribution < 1.29 is 33.8 Å². The van der Waals surface area contributed by atoms with Gasteiger partial charge in [0.05, 0.1) is 5.56 Å². The van der Waals surface area contributed by atoms with Crippen molar-refractivity contribution in [2.75, 3.05) is 6.61 Å². The Kier molecular flexibility index (Phi) is 14.0. The van der Waals surface area contributed by atoms with Gasteiger partial charge >= 0.3 is 11.9 Å². The van der Waals surface area contributed by atoms with Gasteiger partial charge in [-0.05, 0) is 18.6 Å². The Morgan fingerprint density at radius 2 is 1.29 bits per heavy atom. The van der Waals surface area contributed by atoms with Gasteiger partial charge in [-0.2, -0.15) is 0 Å².